The molecule has 8 heteroatoms. The van der Waals surface area contributed by atoms with E-state index in [0.717, 1.165) is 11.1 Å². The van der Waals surface area contributed by atoms with E-state index in [-0.39, 0.29) is 50.4 Å². The molecule has 0 saturated carbocycles. The number of ether oxygens (including phenoxy) is 2. The van der Waals surface area contributed by atoms with Gasteiger partial charge in [0, 0.05) is 26.4 Å². The quantitative estimate of drug-likeness (QED) is 0.473. The first-order chi connectivity index (χ1) is 17.4. The fourth-order valence-corrected chi connectivity index (χ4v) is 4.75. The number of imide groups is 1. The van der Waals surface area contributed by atoms with Gasteiger partial charge in [-0.15, -0.1) is 0 Å². The molecule has 0 aromatic heterocycles. The van der Waals surface area contributed by atoms with Gasteiger partial charge in [0.15, 0.2) is 11.5 Å². The van der Waals surface area contributed by atoms with Gasteiger partial charge in [-0.2, -0.15) is 0 Å². The third-order valence-electron chi connectivity index (χ3n) is 6.72. The predicted octanol–water partition coefficient (Wildman–Crippen LogP) is 3.80. The zero-order valence-corrected chi connectivity index (χ0v) is 19.8. The Morgan fingerprint density at radius 1 is 0.972 bits per heavy atom. The zero-order chi connectivity index (χ0) is 25.3. The minimum Gasteiger partial charge on any atom is -0.454 e. The van der Waals surface area contributed by atoms with E-state index in [0.29, 0.717) is 17.1 Å². The highest BCUT2D eigenvalue weighted by molar-refractivity contribution is 6.10. The number of carbonyl (C=O) groups is 3. The minimum atomic E-state index is -1.30. The molecular formula is C28H25FN2O5. The van der Waals surface area contributed by atoms with Crippen molar-refractivity contribution in [1.29, 1.82) is 0 Å². The fraction of sp³-hybridized carbons (Fsp3) is 0.250. The standard InChI is InChI=1S/C28H25FN2O5/c1-30(16-19-7-10-22(29)11-8-19)25(32)14-28(21-5-3-2-4-6-21)15-26(33)31(27(28)34)17-20-9-12-23-24(13-20)36-18-35-23/h2-13H,14-18H2,1H3/t28-/m0/s1. The number of amides is 3. The van der Waals surface area contributed by atoms with Crippen LogP contribution in [0, 0.1) is 5.82 Å². The third kappa shape index (κ3) is 4.42. The van der Waals surface area contributed by atoms with E-state index in [9.17, 15) is 18.8 Å². The first kappa shape index (κ1) is 23.5. The van der Waals surface area contributed by atoms with Gasteiger partial charge in [0.1, 0.15) is 5.82 Å². The van der Waals surface area contributed by atoms with Crippen molar-refractivity contribution in [3.63, 3.8) is 0 Å². The first-order valence-corrected chi connectivity index (χ1v) is 11.6. The molecule has 2 aliphatic heterocycles. The van der Waals surface area contributed by atoms with Crippen LogP contribution in [-0.2, 0) is 32.9 Å². The lowest BCUT2D eigenvalue weighted by molar-refractivity contribution is -0.143. The van der Waals surface area contributed by atoms with Gasteiger partial charge in [0.2, 0.25) is 24.5 Å². The van der Waals surface area contributed by atoms with E-state index in [1.54, 1.807) is 61.6 Å². The molecule has 0 bridgehead atoms. The van der Waals surface area contributed by atoms with Gasteiger partial charge in [0.05, 0.1) is 12.0 Å². The van der Waals surface area contributed by atoms with Crippen LogP contribution in [0.25, 0.3) is 0 Å². The molecule has 184 valence electrons. The molecule has 0 aliphatic carbocycles. The van der Waals surface area contributed by atoms with Crippen molar-refractivity contribution < 1.29 is 28.2 Å². The lowest BCUT2D eigenvalue weighted by atomic mass is 9.75. The molecule has 1 fully saturated rings. The number of likely N-dealkylation sites (tertiary alicyclic amines) is 1. The highest BCUT2D eigenvalue weighted by atomic mass is 19.1. The monoisotopic (exact) mass is 488 g/mol. The summed E-state index contributed by atoms with van der Waals surface area (Å²) < 4.78 is 24.0. The SMILES string of the molecule is CN(Cc1ccc(F)cc1)C(=O)C[C@@]1(c2ccccc2)CC(=O)N(Cc2ccc3c(c2)OCO3)C1=O. The number of hydrogen-bond acceptors (Lipinski definition) is 5. The van der Waals surface area contributed by atoms with Crippen LogP contribution >= 0.6 is 0 Å². The van der Waals surface area contributed by atoms with Crippen LogP contribution in [0.15, 0.2) is 72.8 Å². The first-order valence-electron chi connectivity index (χ1n) is 11.6. The van der Waals surface area contributed by atoms with Crippen molar-refractivity contribution in [2.75, 3.05) is 13.8 Å². The van der Waals surface area contributed by atoms with E-state index in [2.05, 4.69) is 0 Å². The smallest absolute Gasteiger partial charge is 0.241 e. The summed E-state index contributed by atoms with van der Waals surface area (Å²) in [6.45, 7) is 0.459. The van der Waals surface area contributed by atoms with Crippen molar-refractivity contribution in [2.24, 2.45) is 0 Å². The summed E-state index contributed by atoms with van der Waals surface area (Å²) in [6, 6.07) is 20.2. The van der Waals surface area contributed by atoms with Crippen LogP contribution in [0.5, 0.6) is 11.5 Å². The highest BCUT2D eigenvalue weighted by Crippen LogP contribution is 2.41. The molecule has 5 rings (SSSR count). The summed E-state index contributed by atoms with van der Waals surface area (Å²) in [4.78, 5) is 43.1. The summed E-state index contributed by atoms with van der Waals surface area (Å²) in [5.74, 6) is -0.192. The number of carbonyl (C=O) groups excluding carboxylic acids is 3. The fourth-order valence-electron chi connectivity index (χ4n) is 4.75. The normalized spacial score (nSPS) is 18.6. The Bertz CT molecular complexity index is 1310. The Morgan fingerprint density at radius 3 is 2.42 bits per heavy atom. The molecule has 0 radical (unpaired) electrons. The molecular weight excluding hydrogens is 463 g/mol. The van der Waals surface area contributed by atoms with Gasteiger partial charge in [-0.3, -0.25) is 19.3 Å². The molecule has 1 saturated heterocycles. The largest absolute Gasteiger partial charge is 0.454 e. The summed E-state index contributed by atoms with van der Waals surface area (Å²) in [5.41, 5.74) is 0.812. The third-order valence-corrected chi connectivity index (χ3v) is 6.72. The molecule has 3 aromatic carbocycles. The number of benzene rings is 3. The average molecular weight is 489 g/mol. The number of fused-ring (bicyclic) bond motifs is 1. The average Bonchev–Trinajstić information content (AvgIpc) is 3.44. The minimum absolute atomic E-state index is 0.0719. The number of rotatable bonds is 7. The Labute approximate surface area is 208 Å². The van der Waals surface area contributed by atoms with Crippen molar-refractivity contribution in [3.8, 4) is 11.5 Å². The number of halogens is 1. The van der Waals surface area contributed by atoms with Crippen LogP contribution in [0.2, 0.25) is 0 Å². The Morgan fingerprint density at radius 2 is 1.67 bits per heavy atom. The van der Waals surface area contributed by atoms with Crippen molar-refractivity contribution >= 4 is 17.7 Å². The summed E-state index contributed by atoms with van der Waals surface area (Å²) >= 11 is 0. The zero-order valence-electron chi connectivity index (χ0n) is 19.8. The maximum Gasteiger partial charge on any atom is 0.241 e. The molecule has 1 atom stereocenters. The van der Waals surface area contributed by atoms with Crippen LogP contribution < -0.4 is 9.47 Å². The van der Waals surface area contributed by atoms with Crippen LogP contribution in [-0.4, -0.2) is 41.4 Å². The van der Waals surface area contributed by atoms with E-state index in [1.807, 2.05) is 6.07 Å². The Balaban J connectivity index is 1.40. The van der Waals surface area contributed by atoms with Crippen molar-refractivity contribution in [3.05, 3.63) is 95.3 Å². The van der Waals surface area contributed by atoms with Crippen molar-refractivity contribution in [2.45, 2.75) is 31.3 Å². The van der Waals surface area contributed by atoms with Gasteiger partial charge < -0.3 is 14.4 Å². The molecule has 2 aliphatic rings. The summed E-state index contributed by atoms with van der Waals surface area (Å²) in [5, 5.41) is 0. The number of nitrogens with zero attached hydrogens (tertiary/aromatic N) is 2. The Hall–Kier alpha value is -4.20. The molecule has 0 spiro atoms. The number of hydrogen-bond donors (Lipinski definition) is 0. The van der Waals surface area contributed by atoms with Gasteiger partial charge in [-0.05, 0) is 41.0 Å². The molecule has 3 amide bonds. The highest BCUT2D eigenvalue weighted by Gasteiger charge is 2.53. The molecule has 3 aromatic rings. The van der Waals surface area contributed by atoms with Gasteiger partial charge in [-0.1, -0.05) is 48.5 Å². The second-order valence-corrected chi connectivity index (χ2v) is 9.15. The van der Waals surface area contributed by atoms with Crippen LogP contribution in [0.3, 0.4) is 0 Å². The summed E-state index contributed by atoms with van der Waals surface area (Å²) in [6.07, 6.45) is -0.257. The maximum atomic E-state index is 13.9. The van der Waals surface area contributed by atoms with Gasteiger partial charge in [-0.25, -0.2) is 4.39 Å². The van der Waals surface area contributed by atoms with E-state index < -0.39 is 11.3 Å². The van der Waals surface area contributed by atoms with Gasteiger partial charge >= 0.3 is 0 Å². The molecule has 36 heavy (non-hydrogen) atoms. The topological polar surface area (TPSA) is 76.2 Å². The summed E-state index contributed by atoms with van der Waals surface area (Å²) in [7, 11) is 1.63. The van der Waals surface area contributed by atoms with E-state index in [4.69, 9.17) is 9.47 Å². The Kier molecular flexibility index (Phi) is 6.18. The second-order valence-electron chi connectivity index (χ2n) is 9.15. The lowest BCUT2D eigenvalue weighted by Crippen LogP contribution is -2.42. The predicted molar refractivity (Wildman–Crippen MR) is 128 cm³/mol. The van der Waals surface area contributed by atoms with E-state index in [1.165, 1.54) is 21.9 Å². The maximum absolute atomic E-state index is 13.9. The van der Waals surface area contributed by atoms with Gasteiger partial charge in [0.25, 0.3) is 0 Å². The van der Waals surface area contributed by atoms with Crippen LogP contribution in [0.1, 0.15) is 29.5 Å². The van der Waals surface area contributed by atoms with Crippen LogP contribution in [0.4, 0.5) is 4.39 Å². The van der Waals surface area contributed by atoms with E-state index >= 15 is 0 Å². The molecule has 0 unspecified atom stereocenters. The molecule has 0 N–H and O–H groups in total. The lowest BCUT2D eigenvalue weighted by Gasteiger charge is -2.29. The second kappa shape index (κ2) is 9.45. The molecule has 2 heterocycles. The van der Waals surface area contributed by atoms with Crippen molar-refractivity contribution in [1.82, 2.24) is 9.80 Å². The molecule has 7 nitrogen and oxygen atoms in total.